The molecule has 30 heavy (non-hydrogen) atoms. The Morgan fingerprint density at radius 3 is 2.50 bits per heavy atom. The van der Waals surface area contributed by atoms with E-state index < -0.39 is 29.9 Å². The number of hydrogen-bond donors (Lipinski definition) is 2. The lowest BCUT2D eigenvalue weighted by Crippen LogP contribution is -2.50. The number of aryl methyl sites for hydroxylation is 2. The van der Waals surface area contributed by atoms with Crippen molar-refractivity contribution in [1.82, 2.24) is 19.8 Å². The average Bonchev–Trinajstić information content (AvgIpc) is 3.10. The number of hydrogen-bond acceptors (Lipinski definition) is 4. The van der Waals surface area contributed by atoms with Crippen LogP contribution in [0, 0.1) is 6.92 Å². The number of rotatable bonds is 6. The van der Waals surface area contributed by atoms with Crippen molar-refractivity contribution in [2.45, 2.75) is 50.6 Å². The van der Waals surface area contributed by atoms with Gasteiger partial charge in [-0.25, -0.2) is 4.98 Å². The molecule has 1 aromatic heterocycles. The summed E-state index contributed by atoms with van der Waals surface area (Å²) in [5, 5.41) is 13.0. The van der Waals surface area contributed by atoms with Gasteiger partial charge in [-0.05, 0) is 30.9 Å². The molecule has 0 aliphatic carbocycles. The number of nitrogens with one attached hydrogen (secondary N) is 1. The molecule has 1 fully saturated rings. The summed E-state index contributed by atoms with van der Waals surface area (Å²) in [5.41, 5.74) is -0.875. The minimum Gasteiger partial charge on any atom is -0.374 e. The van der Waals surface area contributed by atoms with Crippen LogP contribution in [0.1, 0.15) is 36.2 Å². The number of aromatic nitrogens is 2. The topological polar surface area (TPSA) is 70.4 Å². The number of nitrogens with zero attached hydrogens (tertiary/aromatic N) is 3. The molecular formula is C21H27F3N4O2. The van der Waals surface area contributed by atoms with E-state index >= 15 is 0 Å². The quantitative estimate of drug-likeness (QED) is 0.748. The largest absolute Gasteiger partial charge is 0.425 e. The van der Waals surface area contributed by atoms with Gasteiger partial charge in [-0.2, -0.15) is 13.2 Å². The van der Waals surface area contributed by atoms with Crippen LogP contribution < -0.4 is 5.32 Å². The van der Waals surface area contributed by atoms with Crippen molar-refractivity contribution < 1.29 is 23.1 Å². The van der Waals surface area contributed by atoms with E-state index in [0.717, 1.165) is 30.4 Å². The highest BCUT2D eigenvalue weighted by Crippen LogP contribution is 2.40. The van der Waals surface area contributed by atoms with E-state index in [-0.39, 0.29) is 6.04 Å². The molecule has 2 heterocycles. The molecule has 6 nitrogen and oxygen atoms in total. The van der Waals surface area contributed by atoms with Gasteiger partial charge in [0.25, 0.3) is 0 Å². The standard InChI is InChI=1S/C21H27F3N4O2/c1-15-5-3-4-6-16(15)14-28-10-7-17(8-11-28)26-18(29)13-20(30,21(22,23)24)19-25-9-12-27(19)2/h3-6,9,12,17,30H,7-8,10-11,13-14H2,1-2H3,(H,26,29). The zero-order valence-corrected chi connectivity index (χ0v) is 17.1. The highest BCUT2D eigenvalue weighted by molar-refractivity contribution is 5.77. The first-order valence-electron chi connectivity index (χ1n) is 9.93. The minimum absolute atomic E-state index is 0.218. The number of imidazole rings is 1. The fourth-order valence-electron chi connectivity index (χ4n) is 3.85. The number of piperidine rings is 1. The zero-order valence-electron chi connectivity index (χ0n) is 17.1. The molecule has 0 bridgehead atoms. The Hall–Kier alpha value is -2.39. The normalized spacial score (nSPS) is 18.2. The fraction of sp³-hybridized carbons (Fsp3) is 0.524. The maximum atomic E-state index is 13.6. The molecule has 1 amide bonds. The van der Waals surface area contributed by atoms with Gasteiger partial charge >= 0.3 is 6.18 Å². The van der Waals surface area contributed by atoms with Crippen LogP contribution in [0.15, 0.2) is 36.7 Å². The van der Waals surface area contributed by atoms with Gasteiger partial charge in [0.05, 0.1) is 6.42 Å². The van der Waals surface area contributed by atoms with Crippen LogP contribution in [0.3, 0.4) is 0 Å². The van der Waals surface area contributed by atoms with Crippen LogP contribution in [0.5, 0.6) is 0 Å². The maximum Gasteiger partial charge on any atom is 0.425 e. The Morgan fingerprint density at radius 2 is 1.93 bits per heavy atom. The second-order valence-electron chi connectivity index (χ2n) is 7.94. The summed E-state index contributed by atoms with van der Waals surface area (Å²) in [6.45, 7) is 4.34. The molecule has 0 spiro atoms. The SMILES string of the molecule is Cc1ccccc1CN1CCC(NC(=O)CC(O)(c2nccn2C)C(F)(F)F)CC1. The third kappa shape index (κ3) is 4.84. The van der Waals surface area contributed by atoms with Gasteiger partial charge in [0, 0.05) is 45.1 Å². The third-order valence-electron chi connectivity index (χ3n) is 5.68. The first kappa shape index (κ1) is 22.3. The summed E-state index contributed by atoms with van der Waals surface area (Å²) >= 11 is 0. The number of likely N-dealkylation sites (tertiary alicyclic amines) is 1. The number of halogens is 3. The number of benzene rings is 1. The Labute approximate surface area is 173 Å². The summed E-state index contributed by atoms with van der Waals surface area (Å²) in [7, 11) is 1.35. The van der Waals surface area contributed by atoms with E-state index in [1.54, 1.807) is 0 Å². The molecule has 2 N–H and O–H groups in total. The lowest BCUT2D eigenvalue weighted by molar-refractivity contribution is -0.271. The lowest BCUT2D eigenvalue weighted by Gasteiger charge is -2.34. The van der Waals surface area contributed by atoms with E-state index in [4.69, 9.17) is 0 Å². The molecule has 9 heteroatoms. The van der Waals surface area contributed by atoms with E-state index in [2.05, 4.69) is 34.3 Å². The predicted molar refractivity (Wildman–Crippen MR) is 105 cm³/mol. The van der Waals surface area contributed by atoms with Gasteiger partial charge in [0.15, 0.2) is 5.82 Å². The molecule has 1 atom stereocenters. The van der Waals surface area contributed by atoms with E-state index in [1.165, 1.54) is 24.4 Å². The predicted octanol–water partition coefficient (Wildman–Crippen LogP) is 2.65. The minimum atomic E-state index is -5.03. The number of aliphatic hydroxyl groups is 1. The Morgan fingerprint density at radius 1 is 1.27 bits per heavy atom. The highest BCUT2D eigenvalue weighted by atomic mass is 19.4. The molecule has 1 unspecified atom stereocenters. The van der Waals surface area contributed by atoms with Crippen LogP contribution in [0.2, 0.25) is 0 Å². The van der Waals surface area contributed by atoms with Crippen molar-refractivity contribution in [2.24, 2.45) is 7.05 Å². The van der Waals surface area contributed by atoms with Gasteiger partial charge < -0.3 is 15.0 Å². The van der Waals surface area contributed by atoms with Crippen molar-refractivity contribution in [1.29, 1.82) is 0 Å². The van der Waals surface area contributed by atoms with Gasteiger partial charge in [-0.1, -0.05) is 24.3 Å². The molecule has 1 aromatic carbocycles. The smallest absolute Gasteiger partial charge is 0.374 e. The molecule has 2 aromatic rings. The molecular weight excluding hydrogens is 397 g/mol. The molecule has 1 aliphatic heterocycles. The lowest BCUT2D eigenvalue weighted by atomic mass is 9.96. The van der Waals surface area contributed by atoms with Crippen molar-refractivity contribution in [3.63, 3.8) is 0 Å². The van der Waals surface area contributed by atoms with Crippen molar-refractivity contribution in [2.75, 3.05) is 13.1 Å². The van der Waals surface area contributed by atoms with Crippen molar-refractivity contribution in [3.05, 3.63) is 53.6 Å². The van der Waals surface area contributed by atoms with Crippen LogP contribution >= 0.6 is 0 Å². The second-order valence-corrected chi connectivity index (χ2v) is 7.94. The van der Waals surface area contributed by atoms with Crippen molar-refractivity contribution >= 4 is 5.91 Å². The fourth-order valence-corrected chi connectivity index (χ4v) is 3.85. The van der Waals surface area contributed by atoms with E-state index in [9.17, 15) is 23.1 Å². The third-order valence-corrected chi connectivity index (χ3v) is 5.68. The molecule has 164 valence electrons. The van der Waals surface area contributed by atoms with E-state index in [1.807, 2.05) is 12.1 Å². The second kappa shape index (κ2) is 8.77. The Kier molecular flexibility index (Phi) is 6.52. The molecule has 0 radical (unpaired) electrons. The van der Waals surface area contributed by atoms with Gasteiger partial charge in [0.1, 0.15) is 0 Å². The number of carbonyl (C=O) groups excluding carboxylic acids is 1. The van der Waals surface area contributed by atoms with Crippen molar-refractivity contribution in [3.8, 4) is 0 Å². The Bertz CT molecular complexity index is 875. The summed E-state index contributed by atoms with van der Waals surface area (Å²) in [6, 6.07) is 7.92. The monoisotopic (exact) mass is 424 g/mol. The zero-order chi connectivity index (χ0) is 21.9. The Balaban J connectivity index is 1.56. The van der Waals surface area contributed by atoms with Crippen LogP contribution in [0.4, 0.5) is 13.2 Å². The first-order valence-corrected chi connectivity index (χ1v) is 9.93. The molecule has 1 aliphatic rings. The summed E-state index contributed by atoms with van der Waals surface area (Å²) in [6.07, 6.45) is -2.40. The number of alkyl halides is 3. The molecule has 1 saturated heterocycles. The molecule has 0 saturated carbocycles. The number of carbonyl (C=O) groups is 1. The molecule has 3 rings (SSSR count). The first-order chi connectivity index (χ1) is 14.1. The van der Waals surface area contributed by atoms with Crippen LogP contribution in [0.25, 0.3) is 0 Å². The van der Waals surface area contributed by atoms with Crippen LogP contribution in [-0.2, 0) is 24.0 Å². The van der Waals surface area contributed by atoms with Gasteiger partial charge in [-0.15, -0.1) is 0 Å². The van der Waals surface area contributed by atoms with Crippen LogP contribution in [-0.4, -0.2) is 50.8 Å². The van der Waals surface area contributed by atoms with E-state index in [0.29, 0.717) is 12.8 Å². The number of amides is 1. The van der Waals surface area contributed by atoms with Gasteiger partial charge in [0.2, 0.25) is 11.5 Å². The maximum absolute atomic E-state index is 13.6. The average molecular weight is 424 g/mol. The summed E-state index contributed by atoms with van der Waals surface area (Å²) < 4.78 is 41.8. The summed E-state index contributed by atoms with van der Waals surface area (Å²) in [5.74, 6) is -1.44. The summed E-state index contributed by atoms with van der Waals surface area (Å²) in [4.78, 5) is 18.3. The van der Waals surface area contributed by atoms with Gasteiger partial charge in [-0.3, -0.25) is 9.69 Å². The highest BCUT2D eigenvalue weighted by Gasteiger charge is 2.58.